The van der Waals surface area contributed by atoms with Crippen molar-refractivity contribution in [3.63, 3.8) is 0 Å². The van der Waals surface area contributed by atoms with Crippen LogP contribution in [0.5, 0.6) is 11.5 Å². The number of carbonyl (C=O) groups is 1. The number of aromatic carboxylic acids is 1. The van der Waals surface area contributed by atoms with Gasteiger partial charge in [-0.3, -0.25) is 0 Å². The summed E-state index contributed by atoms with van der Waals surface area (Å²) >= 11 is 0. The van der Waals surface area contributed by atoms with Crippen LogP contribution >= 0.6 is 0 Å². The van der Waals surface area contributed by atoms with Crippen molar-refractivity contribution in [2.24, 2.45) is 0 Å². The average molecular weight is 319 g/mol. The molecule has 118 valence electrons. The zero-order valence-electron chi connectivity index (χ0n) is 12.4. The van der Waals surface area contributed by atoms with E-state index in [1.54, 1.807) is 18.3 Å². The van der Waals surface area contributed by atoms with Crippen molar-refractivity contribution < 1.29 is 20.1 Å². The third-order valence-electron chi connectivity index (χ3n) is 4.20. The maximum atomic E-state index is 11.2. The number of rotatable bonds is 2. The second-order valence-electron chi connectivity index (χ2n) is 5.61. The summed E-state index contributed by atoms with van der Waals surface area (Å²) in [5.41, 5.74) is 2.02. The molecule has 3 aromatic carbocycles. The van der Waals surface area contributed by atoms with Crippen LogP contribution in [0.4, 0.5) is 0 Å². The molecule has 24 heavy (non-hydrogen) atoms. The number of carboxylic acids is 1. The van der Waals surface area contributed by atoms with Crippen molar-refractivity contribution in [3.05, 3.63) is 60.3 Å². The van der Waals surface area contributed by atoms with E-state index >= 15 is 0 Å². The van der Waals surface area contributed by atoms with Gasteiger partial charge in [-0.1, -0.05) is 24.3 Å². The molecule has 0 saturated carbocycles. The first kappa shape index (κ1) is 14.1. The molecule has 0 unspecified atom stereocenters. The number of aromatic nitrogens is 1. The van der Waals surface area contributed by atoms with Crippen LogP contribution in [0.25, 0.3) is 32.8 Å². The number of hydrogen-bond donors (Lipinski definition) is 4. The van der Waals surface area contributed by atoms with Crippen LogP contribution in [-0.2, 0) is 0 Å². The predicted octanol–water partition coefficient (Wildman–Crippen LogP) is 4.10. The lowest BCUT2D eigenvalue weighted by Gasteiger charge is -2.10. The van der Waals surface area contributed by atoms with E-state index in [9.17, 15) is 20.1 Å². The molecule has 0 aliphatic rings. The molecular weight excluding hydrogens is 306 g/mol. The van der Waals surface area contributed by atoms with Gasteiger partial charge in [-0.05, 0) is 35.0 Å². The van der Waals surface area contributed by atoms with Crippen molar-refractivity contribution in [3.8, 4) is 22.6 Å². The normalized spacial score (nSPS) is 11.2. The molecule has 1 aromatic heterocycles. The van der Waals surface area contributed by atoms with Crippen LogP contribution in [0.15, 0.2) is 54.7 Å². The second kappa shape index (κ2) is 5.03. The first-order chi connectivity index (χ1) is 11.6. The topological polar surface area (TPSA) is 93.5 Å². The minimum atomic E-state index is -1.02. The summed E-state index contributed by atoms with van der Waals surface area (Å²) in [7, 11) is 0. The highest BCUT2D eigenvalue weighted by Crippen LogP contribution is 2.44. The van der Waals surface area contributed by atoms with E-state index in [0.29, 0.717) is 16.5 Å². The lowest BCUT2D eigenvalue weighted by atomic mass is 9.95. The standard InChI is InChI=1S/C19H13NO4/c21-16-8-10-3-1-2-4-12(10)17(18(16)22)14-9-20-15-6-5-11(19(23)24)7-13(14)15/h1-9,20-22H,(H,23,24). The van der Waals surface area contributed by atoms with Crippen LogP contribution in [0.3, 0.4) is 0 Å². The molecule has 5 heteroatoms. The Balaban J connectivity index is 2.11. The van der Waals surface area contributed by atoms with Gasteiger partial charge in [0.25, 0.3) is 0 Å². The highest BCUT2D eigenvalue weighted by molar-refractivity contribution is 6.09. The van der Waals surface area contributed by atoms with E-state index in [4.69, 9.17) is 0 Å². The fourth-order valence-electron chi connectivity index (χ4n) is 3.05. The van der Waals surface area contributed by atoms with E-state index in [1.165, 1.54) is 12.1 Å². The van der Waals surface area contributed by atoms with Crippen LogP contribution in [0, 0.1) is 0 Å². The lowest BCUT2D eigenvalue weighted by Crippen LogP contribution is -1.95. The Morgan fingerprint density at radius 1 is 0.958 bits per heavy atom. The van der Waals surface area contributed by atoms with Gasteiger partial charge in [0, 0.05) is 28.2 Å². The minimum Gasteiger partial charge on any atom is -0.504 e. The Kier molecular flexibility index (Phi) is 2.96. The summed E-state index contributed by atoms with van der Waals surface area (Å²) in [4.78, 5) is 14.3. The van der Waals surface area contributed by atoms with Crippen molar-refractivity contribution in [1.29, 1.82) is 0 Å². The Hall–Kier alpha value is -3.47. The molecule has 5 nitrogen and oxygen atoms in total. The molecule has 4 N–H and O–H groups in total. The molecule has 0 aliphatic heterocycles. The van der Waals surface area contributed by atoms with Crippen molar-refractivity contribution >= 4 is 27.6 Å². The number of phenols is 2. The number of hydrogen-bond acceptors (Lipinski definition) is 3. The van der Waals surface area contributed by atoms with Gasteiger partial charge in [0.15, 0.2) is 11.5 Å². The fraction of sp³-hybridized carbons (Fsp3) is 0. The molecule has 0 aliphatic carbocycles. The molecule has 0 radical (unpaired) electrons. The van der Waals surface area contributed by atoms with Crippen LogP contribution in [0.1, 0.15) is 10.4 Å². The van der Waals surface area contributed by atoms with Gasteiger partial charge in [0.05, 0.1) is 5.56 Å². The Morgan fingerprint density at radius 2 is 1.75 bits per heavy atom. The largest absolute Gasteiger partial charge is 0.504 e. The molecule has 0 atom stereocenters. The van der Waals surface area contributed by atoms with Gasteiger partial charge < -0.3 is 20.3 Å². The average Bonchev–Trinajstić information content (AvgIpc) is 2.99. The molecular formula is C19H13NO4. The molecule has 0 bridgehead atoms. The van der Waals surface area contributed by atoms with Crippen molar-refractivity contribution in [2.75, 3.05) is 0 Å². The zero-order valence-corrected chi connectivity index (χ0v) is 12.4. The van der Waals surface area contributed by atoms with Gasteiger partial charge in [0.2, 0.25) is 0 Å². The first-order valence-corrected chi connectivity index (χ1v) is 7.35. The molecule has 0 saturated heterocycles. The predicted molar refractivity (Wildman–Crippen MR) is 91.5 cm³/mol. The first-order valence-electron chi connectivity index (χ1n) is 7.35. The summed E-state index contributed by atoms with van der Waals surface area (Å²) in [6.45, 7) is 0. The molecule has 0 amide bonds. The highest BCUT2D eigenvalue weighted by atomic mass is 16.4. The molecule has 0 spiro atoms. The van der Waals surface area contributed by atoms with Crippen molar-refractivity contribution in [2.45, 2.75) is 0 Å². The molecule has 0 fully saturated rings. The number of H-pyrrole nitrogens is 1. The molecule has 4 aromatic rings. The Bertz CT molecular complexity index is 1110. The van der Waals surface area contributed by atoms with Crippen LogP contribution < -0.4 is 0 Å². The third-order valence-corrected chi connectivity index (χ3v) is 4.20. The van der Waals surface area contributed by atoms with Gasteiger partial charge in [-0.15, -0.1) is 0 Å². The van der Waals surface area contributed by atoms with E-state index < -0.39 is 5.97 Å². The maximum Gasteiger partial charge on any atom is 0.335 e. The molecule has 1 heterocycles. The van der Waals surface area contributed by atoms with Crippen molar-refractivity contribution in [1.82, 2.24) is 4.98 Å². The van der Waals surface area contributed by atoms with Gasteiger partial charge in [-0.2, -0.15) is 0 Å². The van der Waals surface area contributed by atoms with Gasteiger partial charge in [-0.25, -0.2) is 4.79 Å². The number of aromatic hydroxyl groups is 2. The third kappa shape index (κ3) is 1.99. The summed E-state index contributed by atoms with van der Waals surface area (Å²) in [5, 5.41) is 31.9. The highest BCUT2D eigenvalue weighted by Gasteiger charge is 2.18. The monoisotopic (exact) mass is 319 g/mol. The smallest absolute Gasteiger partial charge is 0.335 e. The Morgan fingerprint density at radius 3 is 2.54 bits per heavy atom. The molecule has 4 rings (SSSR count). The van der Waals surface area contributed by atoms with Gasteiger partial charge >= 0.3 is 5.97 Å². The number of aromatic amines is 1. The SMILES string of the molecule is O=C(O)c1ccc2[nH]cc(-c3c(O)c(O)cc4ccccc34)c2c1. The van der Waals surface area contributed by atoms with E-state index in [-0.39, 0.29) is 17.1 Å². The number of fused-ring (bicyclic) bond motifs is 2. The van der Waals surface area contributed by atoms with Gasteiger partial charge in [0.1, 0.15) is 0 Å². The summed E-state index contributed by atoms with van der Waals surface area (Å²) in [5.74, 6) is -1.46. The minimum absolute atomic E-state index is 0.160. The second-order valence-corrected chi connectivity index (χ2v) is 5.61. The number of carboxylic acid groups (broad SMARTS) is 1. The summed E-state index contributed by atoms with van der Waals surface area (Å²) < 4.78 is 0. The summed E-state index contributed by atoms with van der Waals surface area (Å²) in [6.07, 6.45) is 1.71. The van der Waals surface area contributed by atoms with E-state index in [2.05, 4.69) is 4.98 Å². The van der Waals surface area contributed by atoms with E-state index in [0.717, 1.165) is 16.3 Å². The lowest BCUT2D eigenvalue weighted by molar-refractivity contribution is 0.0697. The van der Waals surface area contributed by atoms with E-state index in [1.807, 2.05) is 24.3 Å². The maximum absolute atomic E-state index is 11.2. The van der Waals surface area contributed by atoms with Crippen LogP contribution in [-0.4, -0.2) is 26.3 Å². The summed E-state index contributed by atoms with van der Waals surface area (Å²) in [6, 6.07) is 13.7. The Labute approximate surface area is 136 Å². The number of phenolic OH excluding ortho intramolecular Hbond substituents is 2. The zero-order chi connectivity index (χ0) is 16.8. The van der Waals surface area contributed by atoms with Crippen LogP contribution in [0.2, 0.25) is 0 Å². The number of benzene rings is 3. The quantitative estimate of drug-likeness (QED) is 0.418. The fourth-order valence-corrected chi connectivity index (χ4v) is 3.05. The number of nitrogens with one attached hydrogen (secondary N) is 1.